The van der Waals surface area contributed by atoms with E-state index in [1.54, 1.807) is 23.9 Å². The predicted molar refractivity (Wildman–Crippen MR) is 135 cm³/mol. The number of amides is 1. The van der Waals surface area contributed by atoms with Crippen LogP contribution in [0.1, 0.15) is 33.0 Å². The molecule has 0 aromatic heterocycles. The summed E-state index contributed by atoms with van der Waals surface area (Å²) in [6.07, 6.45) is 0. The molecule has 4 atom stereocenters. The van der Waals surface area contributed by atoms with Crippen LogP contribution >= 0.6 is 11.8 Å². The Kier molecular flexibility index (Phi) is 5.05. The first kappa shape index (κ1) is 22.0. The number of nitro benzene ring substituents is 1. The van der Waals surface area contributed by atoms with Crippen molar-refractivity contribution in [3.05, 3.63) is 105 Å². The van der Waals surface area contributed by atoms with Gasteiger partial charge in [0.1, 0.15) is 5.54 Å². The molecule has 0 saturated carbocycles. The number of hydrogen-bond acceptors (Lipinski definition) is 6. The number of nitrogens with zero attached hydrogens (tertiary/aromatic N) is 2. The first-order chi connectivity index (χ1) is 16.9. The van der Waals surface area contributed by atoms with E-state index in [4.69, 9.17) is 0 Å². The average molecular weight is 486 g/mol. The molecule has 6 rings (SSSR count). The van der Waals surface area contributed by atoms with Crippen LogP contribution < -0.4 is 5.32 Å². The standard InChI is InChI=1S/C27H23N3O4S/c1-16-6-8-18(9-7-16)25(31)24-23(17-10-12-19(13-11-17)30(33)34)22-14-35-15-29(22)27(24)20-4-2-3-5-21(20)28-26(27)32/h2-13,22-24H,14-15H2,1H3,(H,28,32)/t22-,23+,24-,27-/m1/s1. The number of Topliss-reactive ketones (excluding diaryl/α,β-unsaturated/α-hetero) is 1. The summed E-state index contributed by atoms with van der Waals surface area (Å²) in [6.45, 7) is 1.97. The minimum atomic E-state index is -1.14. The van der Waals surface area contributed by atoms with E-state index in [1.165, 1.54) is 12.1 Å². The van der Waals surface area contributed by atoms with Crippen molar-refractivity contribution in [1.82, 2.24) is 4.90 Å². The number of hydrogen-bond donors (Lipinski definition) is 1. The van der Waals surface area contributed by atoms with Gasteiger partial charge in [0.2, 0.25) is 5.91 Å². The van der Waals surface area contributed by atoms with Gasteiger partial charge in [0.15, 0.2) is 5.78 Å². The maximum absolute atomic E-state index is 14.3. The van der Waals surface area contributed by atoms with E-state index < -0.39 is 16.4 Å². The molecular formula is C27H23N3O4S. The van der Waals surface area contributed by atoms with E-state index in [-0.39, 0.29) is 29.3 Å². The minimum absolute atomic E-state index is 0.00415. The maximum atomic E-state index is 14.3. The van der Waals surface area contributed by atoms with Gasteiger partial charge in [0.25, 0.3) is 5.69 Å². The van der Waals surface area contributed by atoms with E-state index in [1.807, 2.05) is 55.5 Å². The molecular weight excluding hydrogens is 462 g/mol. The largest absolute Gasteiger partial charge is 0.324 e. The lowest BCUT2D eigenvalue weighted by Gasteiger charge is -2.36. The average Bonchev–Trinajstić information content (AvgIpc) is 3.52. The van der Waals surface area contributed by atoms with E-state index in [0.29, 0.717) is 11.4 Å². The SMILES string of the molecule is Cc1ccc(C(=O)[C@H]2[C@@H](c3ccc([N+](=O)[O-])cc3)[C@H]3CSCN3[C@@]23C(=O)Nc2ccccc23)cc1. The molecule has 2 fully saturated rings. The zero-order valence-electron chi connectivity index (χ0n) is 19.0. The van der Waals surface area contributed by atoms with Gasteiger partial charge in [0, 0.05) is 52.5 Å². The molecule has 35 heavy (non-hydrogen) atoms. The molecule has 0 unspecified atom stereocenters. The number of anilines is 1. The molecule has 3 aromatic rings. The monoisotopic (exact) mass is 485 g/mol. The van der Waals surface area contributed by atoms with Crippen molar-refractivity contribution in [3.63, 3.8) is 0 Å². The normalized spacial score (nSPS) is 27.0. The molecule has 1 spiro atoms. The third-order valence-electron chi connectivity index (χ3n) is 7.64. The Morgan fingerprint density at radius 3 is 2.51 bits per heavy atom. The summed E-state index contributed by atoms with van der Waals surface area (Å²) in [4.78, 5) is 41.3. The van der Waals surface area contributed by atoms with Crippen LogP contribution in [0.5, 0.6) is 0 Å². The van der Waals surface area contributed by atoms with E-state index in [9.17, 15) is 19.7 Å². The lowest BCUT2D eigenvalue weighted by atomic mass is 9.69. The van der Waals surface area contributed by atoms with E-state index in [0.717, 1.165) is 28.1 Å². The smallest absolute Gasteiger partial charge is 0.269 e. The molecule has 0 radical (unpaired) electrons. The van der Waals surface area contributed by atoms with E-state index >= 15 is 0 Å². The Labute approximate surface area is 206 Å². The van der Waals surface area contributed by atoms with Crippen LogP contribution in [0.2, 0.25) is 0 Å². The fourth-order valence-electron chi connectivity index (χ4n) is 6.12. The highest BCUT2D eigenvalue weighted by atomic mass is 32.2. The van der Waals surface area contributed by atoms with Gasteiger partial charge >= 0.3 is 0 Å². The molecule has 3 aliphatic rings. The van der Waals surface area contributed by atoms with Crippen LogP contribution in [0.15, 0.2) is 72.8 Å². The number of non-ortho nitro benzene ring substituents is 1. The number of thioether (sulfide) groups is 1. The summed E-state index contributed by atoms with van der Waals surface area (Å²) >= 11 is 1.75. The Hall–Kier alpha value is -3.49. The van der Waals surface area contributed by atoms with Crippen molar-refractivity contribution in [2.24, 2.45) is 5.92 Å². The molecule has 0 bridgehead atoms. The van der Waals surface area contributed by atoms with Gasteiger partial charge < -0.3 is 5.32 Å². The van der Waals surface area contributed by atoms with Gasteiger partial charge in [-0.3, -0.25) is 24.6 Å². The number of para-hydroxylation sites is 1. The number of nitro groups is 1. The second-order valence-electron chi connectivity index (χ2n) is 9.39. The molecule has 2 saturated heterocycles. The summed E-state index contributed by atoms with van der Waals surface area (Å²) < 4.78 is 0. The van der Waals surface area contributed by atoms with Crippen molar-refractivity contribution in [2.75, 3.05) is 16.9 Å². The summed E-state index contributed by atoms with van der Waals surface area (Å²) in [7, 11) is 0. The van der Waals surface area contributed by atoms with Crippen LogP contribution in [-0.4, -0.2) is 39.2 Å². The van der Waals surface area contributed by atoms with Crippen LogP contribution in [-0.2, 0) is 10.3 Å². The molecule has 1 N–H and O–H groups in total. The number of carbonyl (C=O) groups is 2. The number of fused-ring (bicyclic) bond motifs is 4. The number of rotatable bonds is 4. The lowest BCUT2D eigenvalue weighted by molar-refractivity contribution is -0.384. The molecule has 7 nitrogen and oxygen atoms in total. The van der Waals surface area contributed by atoms with E-state index in [2.05, 4.69) is 10.2 Å². The summed E-state index contributed by atoms with van der Waals surface area (Å²) in [5.41, 5.74) is 2.89. The highest BCUT2D eigenvalue weighted by Gasteiger charge is 2.69. The molecule has 3 heterocycles. The summed E-state index contributed by atoms with van der Waals surface area (Å²) in [5.74, 6) is 0.169. The lowest BCUT2D eigenvalue weighted by Crippen LogP contribution is -2.52. The van der Waals surface area contributed by atoms with Crippen molar-refractivity contribution >= 4 is 34.8 Å². The van der Waals surface area contributed by atoms with Crippen molar-refractivity contribution in [2.45, 2.75) is 24.4 Å². The van der Waals surface area contributed by atoms with Gasteiger partial charge in [-0.05, 0) is 18.6 Å². The predicted octanol–water partition coefficient (Wildman–Crippen LogP) is 4.72. The Morgan fingerprint density at radius 1 is 1.09 bits per heavy atom. The number of carbonyl (C=O) groups excluding carboxylic acids is 2. The van der Waals surface area contributed by atoms with Crippen LogP contribution in [0.25, 0.3) is 0 Å². The third-order valence-corrected chi connectivity index (χ3v) is 8.67. The highest BCUT2D eigenvalue weighted by molar-refractivity contribution is 7.99. The molecule has 0 aliphatic carbocycles. The summed E-state index contributed by atoms with van der Waals surface area (Å²) in [6, 6.07) is 21.5. The summed E-state index contributed by atoms with van der Waals surface area (Å²) in [5, 5.41) is 14.3. The first-order valence-corrected chi connectivity index (χ1v) is 12.7. The number of aryl methyl sites for hydroxylation is 1. The number of ketones is 1. The zero-order chi connectivity index (χ0) is 24.3. The van der Waals surface area contributed by atoms with Gasteiger partial charge in [-0.1, -0.05) is 60.2 Å². The van der Waals surface area contributed by atoms with Crippen LogP contribution in [0.4, 0.5) is 11.4 Å². The highest BCUT2D eigenvalue weighted by Crippen LogP contribution is 2.61. The third kappa shape index (κ3) is 3.10. The minimum Gasteiger partial charge on any atom is -0.324 e. The second kappa shape index (κ2) is 8.03. The van der Waals surface area contributed by atoms with Crippen molar-refractivity contribution in [3.8, 4) is 0 Å². The van der Waals surface area contributed by atoms with Crippen LogP contribution in [0.3, 0.4) is 0 Å². The Balaban J connectivity index is 1.58. The maximum Gasteiger partial charge on any atom is 0.269 e. The molecule has 1 amide bonds. The van der Waals surface area contributed by atoms with Gasteiger partial charge in [-0.15, -0.1) is 11.8 Å². The Bertz CT molecular complexity index is 1360. The fourth-order valence-corrected chi connectivity index (χ4v) is 7.45. The second-order valence-corrected chi connectivity index (χ2v) is 10.4. The van der Waals surface area contributed by atoms with Gasteiger partial charge in [0.05, 0.1) is 10.8 Å². The van der Waals surface area contributed by atoms with Crippen LogP contribution in [0, 0.1) is 23.0 Å². The molecule has 8 heteroatoms. The number of benzene rings is 3. The quantitative estimate of drug-likeness (QED) is 0.327. The van der Waals surface area contributed by atoms with Gasteiger partial charge in [-0.2, -0.15) is 0 Å². The molecule has 176 valence electrons. The molecule has 3 aliphatic heterocycles. The zero-order valence-corrected chi connectivity index (χ0v) is 19.8. The topological polar surface area (TPSA) is 92.5 Å². The number of nitrogens with one attached hydrogen (secondary N) is 1. The van der Waals surface area contributed by atoms with Crippen molar-refractivity contribution < 1.29 is 14.5 Å². The van der Waals surface area contributed by atoms with Gasteiger partial charge in [-0.25, -0.2) is 0 Å². The Morgan fingerprint density at radius 2 is 1.80 bits per heavy atom. The fraction of sp³-hybridized carbons (Fsp3) is 0.259. The van der Waals surface area contributed by atoms with Crippen molar-refractivity contribution in [1.29, 1.82) is 0 Å². The molecule has 3 aromatic carbocycles. The first-order valence-electron chi connectivity index (χ1n) is 11.5.